The summed E-state index contributed by atoms with van der Waals surface area (Å²) in [4.78, 5) is 12.2. The minimum atomic E-state index is -0.179. The Morgan fingerprint density at radius 2 is 2.19 bits per heavy atom. The summed E-state index contributed by atoms with van der Waals surface area (Å²) in [5, 5.41) is 11.8. The summed E-state index contributed by atoms with van der Waals surface area (Å²) in [6.45, 7) is 1.80. The molecule has 1 saturated heterocycles. The summed E-state index contributed by atoms with van der Waals surface area (Å²) in [6, 6.07) is 5.76. The van der Waals surface area contributed by atoms with Gasteiger partial charge in [0, 0.05) is 12.0 Å². The van der Waals surface area contributed by atoms with Gasteiger partial charge in [-0.3, -0.25) is 4.79 Å². The highest BCUT2D eigenvalue weighted by Crippen LogP contribution is 2.26. The first-order chi connectivity index (χ1) is 10.2. The third-order valence-electron chi connectivity index (χ3n) is 3.57. The molecule has 3 nitrogen and oxygen atoms in total. The Labute approximate surface area is 130 Å². The largest absolute Gasteiger partial charge is 0.384 e. The van der Waals surface area contributed by atoms with Gasteiger partial charge in [-0.15, -0.1) is 0 Å². The van der Waals surface area contributed by atoms with E-state index >= 15 is 0 Å². The molecule has 0 atom stereocenters. The number of nitrogens with one attached hydrogen (secondary N) is 1. The van der Waals surface area contributed by atoms with Crippen molar-refractivity contribution in [2.24, 2.45) is 5.92 Å². The smallest absolute Gasteiger partial charge is 0.224 e. The molecule has 0 spiro atoms. The number of anilines is 1. The summed E-state index contributed by atoms with van der Waals surface area (Å²) < 4.78 is 0. The minimum Gasteiger partial charge on any atom is -0.384 e. The highest BCUT2D eigenvalue weighted by molar-refractivity contribution is 7.99. The fraction of sp³-hybridized carbons (Fsp3) is 0.471. The fourth-order valence-electron chi connectivity index (χ4n) is 2.42. The number of amides is 1. The summed E-state index contributed by atoms with van der Waals surface area (Å²) >= 11 is 1.97. The number of aryl methyl sites for hydroxylation is 1. The predicted molar refractivity (Wildman–Crippen MR) is 88.4 cm³/mol. The molecule has 4 heteroatoms. The van der Waals surface area contributed by atoms with Gasteiger partial charge in [-0.1, -0.05) is 17.9 Å². The van der Waals surface area contributed by atoms with E-state index in [0.717, 1.165) is 41.2 Å². The normalized spacial score (nSPS) is 15.1. The zero-order chi connectivity index (χ0) is 15.1. The van der Waals surface area contributed by atoms with Crippen molar-refractivity contribution in [3.05, 3.63) is 29.3 Å². The highest BCUT2D eigenvalue weighted by atomic mass is 32.2. The van der Waals surface area contributed by atoms with E-state index in [1.807, 2.05) is 36.9 Å². The van der Waals surface area contributed by atoms with Crippen LogP contribution in [0.15, 0.2) is 18.2 Å². The standard InChI is InChI=1S/C17H21NO2S/c1-13-4-5-16(15(11-13)3-2-8-19)18-17(20)12-14-6-9-21-10-7-14/h4-5,11,14,19H,6-10,12H2,1H3,(H,18,20). The number of thioether (sulfide) groups is 1. The zero-order valence-corrected chi connectivity index (χ0v) is 13.1. The second kappa shape index (κ2) is 8.11. The lowest BCUT2D eigenvalue weighted by atomic mass is 9.98. The number of rotatable bonds is 3. The number of hydrogen-bond donors (Lipinski definition) is 2. The van der Waals surface area contributed by atoms with E-state index in [4.69, 9.17) is 5.11 Å². The van der Waals surface area contributed by atoms with Crippen LogP contribution in [0.5, 0.6) is 0 Å². The molecule has 0 radical (unpaired) electrons. The number of aliphatic hydroxyl groups is 1. The van der Waals surface area contributed by atoms with Crippen molar-refractivity contribution < 1.29 is 9.90 Å². The van der Waals surface area contributed by atoms with Crippen molar-refractivity contribution >= 4 is 23.4 Å². The van der Waals surface area contributed by atoms with Crippen LogP contribution in [0.3, 0.4) is 0 Å². The molecule has 0 bridgehead atoms. The Kier molecular flexibility index (Phi) is 6.16. The van der Waals surface area contributed by atoms with Gasteiger partial charge < -0.3 is 10.4 Å². The molecule has 21 heavy (non-hydrogen) atoms. The maximum absolute atomic E-state index is 12.2. The van der Waals surface area contributed by atoms with E-state index < -0.39 is 0 Å². The predicted octanol–water partition coefficient (Wildman–Crippen LogP) is 2.81. The SMILES string of the molecule is Cc1ccc(NC(=O)CC2CCSCC2)c(C#CCO)c1. The summed E-state index contributed by atoms with van der Waals surface area (Å²) in [7, 11) is 0. The molecule has 2 rings (SSSR count). The van der Waals surface area contributed by atoms with Gasteiger partial charge in [0.2, 0.25) is 5.91 Å². The van der Waals surface area contributed by atoms with Gasteiger partial charge >= 0.3 is 0 Å². The second-order valence-electron chi connectivity index (χ2n) is 5.32. The third-order valence-corrected chi connectivity index (χ3v) is 4.61. The Balaban J connectivity index is 2.02. The quantitative estimate of drug-likeness (QED) is 0.844. The van der Waals surface area contributed by atoms with Gasteiger partial charge in [0.15, 0.2) is 0 Å². The molecule has 1 aromatic rings. The highest BCUT2D eigenvalue weighted by Gasteiger charge is 2.17. The number of carbonyl (C=O) groups is 1. The number of aliphatic hydroxyl groups excluding tert-OH is 1. The Hall–Kier alpha value is -1.44. The molecule has 112 valence electrons. The third kappa shape index (κ3) is 5.11. The van der Waals surface area contributed by atoms with Crippen LogP contribution >= 0.6 is 11.8 Å². The monoisotopic (exact) mass is 303 g/mol. The van der Waals surface area contributed by atoms with Crippen molar-refractivity contribution in [3.8, 4) is 11.8 Å². The van der Waals surface area contributed by atoms with Gasteiger partial charge in [0.1, 0.15) is 6.61 Å². The molecular weight excluding hydrogens is 282 g/mol. The molecule has 1 aliphatic heterocycles. The Bertz CT molecular complexity index is 554. The van der Waals surface area contributed by atoms with Crippen molar-refractivity contribution in [2.45, 2.75) is 26.2 Å². The molecule has 1 fully saturated rings. The molecule has 1 heterocycles. The zero-order valence-electron chi connectivity index (χ0n) is 12.3. The lowest BCUT2D eigenvalue weighted by Crippen LogP contribution is -2.20. The maximum atomic E-state index is 12.2. The number of hydrogen-bond acceptors (Lipinski definition) is 3. The van der Waals surface area contributed by atoms with Gasteiger partial charge in [-0.2, -0.15) is 11.8 Å². The molecule has 1 aromatic carbocycles. The van der Waals surface area contributed by atoms with Crippen molar-refractivity contribution in [3.63, 3.8) is 0 Å². The number of benzene rings is 1. The molecule has 0 saturated carbocycles. The second-order valence-corrected chi connectivity index (χ2v) is 6.54. The molecule has 0 aromatic heterocycles. The fourth-order valence-corrected chi connectivity index (χ4v) is 3.62. The topological polar surface area (TPSA) is 49.3 Å². The van der Waals surface area contributed by atoms with Crippen LogP contribution in [-0.4, -0.2) is 29.1 Å². The lowest BCUT2D eigenvalue weighted by Gasteiger charge is -2.20. The van der Waals surface area contributed by atoms with E-state index in [1.165, 1.54) is 0 Å². The first-order valence-corrected chi connectivity index (χ1v) is 8.42. The summed E-state index contributed by atoms with van der Waals surface area (Å²) in [6.07, 6.45) is 2.84. The van der Waals surface area contributed by atoms with Crippen molar-refractivity contribution in [1.29, 1.82) is 0 Å². The van der Waals surface area contributed by atoms with Crippen LogP contribution in [-0.2, 0) is 4.79 Å². The van der Waals surface area contributed by atoms with Crippen LogP contribution in [0.25, 0.3) is 0 Å². The van der Waals surface area contributed by atoms with Gasteiger partial charge in [0.05, 0.1) is 5.69 Å². The average Bonchev–Trinajstić information content (AvgIpc) is 2.48. The van der Waals surface area contributed by atoms with Crippen LogP contribution in [0, 0.1) is 24.7 Å². The Morgan fingerprint density at radius 3 is 2.90 bits per heavy atom. The van der Waals surface area contributed by atoms with E-state index in [2.05, 4.69) is 17.2 Å². The van der Waals surface area contributed by atoms with Crippen LogP contribution in [0.2, 0.25) is 0 Å². The minimum absolute atomic E-state index is 0.0581. The van der Waals surface area contributed by atoms with Crippen LogP contribution < -0.4 is 5.32 Å². The number of carbonyl (C=O) groups excluding carboxylic acids is 1. The van der Waals surface area contributed by atoms with Crippen LogP contribution in [0.1, 0.15) is 30.4 Å². The molecule has 1 amide bonds. The molecule has 0 unspecified atom stereocenters. The van der Waals surface area contributed by atoms with Crippen LogP contribution in [0.4, 0.5) is 5.69 Å². The first kappa shape index (κ1) is 15.9. The molecule has 1 aliphatic rings. The van der Waals surface area contributed by atoms with Gasteiger partial charge in [0.25, 0.3) is 0 Å². The van der Waals surface area contributed by atoms with E-state index in [1.54, 1.807) is 0 Å². The molecular formula is C17H21NO2S. The molecule has 2 N–H and O–H groups in total. The summed E-state index contributed by atoms with van der Waals surface area (Å²) in [5.41, 5.74) is 2.58. The average molecular weight is 303 g/mol. The van der Waals surface area contributed by atoms with Gasteiger partial charge in [-0.25, -0.2) is 0 Å². The van der Waals surface area contributed by atoms with E-state index in [9.17, 15) is 4.79 Å². The molecule has 0 aliphatic carbocycles. The van der Waals surface area contributed by atoms with E-state index in [0.29, 0.717) is 12.3 Å². The lowest BCUT2D eigenvalue weighted by molar-refractivity contribution is -0.117. The van der Waals surface area contributed by atoms with Crippen molar-refractivity contribution in [2.75, 3.05) is 23.4 Å². The van der Waals surface area contributed by atoms with Crippen molar-refractivity contribution in [1.82, 2.24) is 0 Å². The first-order valence-electron chi connectivity index (χ1n) is 7.27. The van der Waals surface area contributed by atoms with E-state index in [-0.39, 0.29) is 12.5 Å². The Morgan fingerprint density at radius 1 is 1.43 bits per heavy atom. The van der Waals surface area contributed by atoms with Gasteiger partial charge in [-0.05, 0) is 54.9 Å². The summed E-state index contributed by atoms with van der Waals surface area (Å²) in [5.74, 6) is 8.42. The maximum Gasteiger partial charge on any atom is 0.224 e.